The van der Waals surface area contributed by atoms with Crippen LogP contribution in [0.15, 0.2) is 12.2 Å². The van der Waals surface area contributed by atoms with Crippen LogP contribution in [0.1, 0.15) is 78.1 Å². The zero-order valence-corrected chi connectivity index (χ0v) is 14.3. The van der Waals surface area contributed by atoms with Crippen LogP contribution in [-0.2, 0) is 19.1 Å². The van der Waals surface area contributed by atoms with Gasteiger partial charge in [-0.1, -0.05) is 65.2 Å². The summed E-state index contributed by atoms with van der Waals surface area (Å²) >= 11 is 0. The van der Waals surface area contributed by atoms with E-state index in [0.717, 1.165) is 50.7 Å². The topological polar surface area (TPSA) is 52.6 Å². The fourth-order valence-corrected chi connectivity index (χ4v) is 1.99. The van der Waals surface area contributed by atoms with Crippen molar-refractivity contribution < 1.29 is 19.1 Å². The van der Waals surface area contributed by atoms with Gasteiger partial charge in [0.2, 0.25) is 0 Å². The van der Waals surface area contributed by atoms with Crippen molar-refractivity contribution in [3.63, 3.8) is 0 Å². The molecular weight excluding hydrogens is 280 g/mol. The molecule has 4 nitrogen and oxygen atoms in total. The molecule has 4 heteroatoms. The molecule has 0 unspecified atom stereocenters. The lowest BCUT2D eigenvalue weighted by molar-refractivity contribution is -0.140. The van der Waals surface area contributed by atoms with Crippen molar-refractivity contribution >= 4 is 11.9 Å². The van der Waals surface area contributed by atoms with Gasteiger partial charge in [0, 0.05) is 12.2 Å². The second-order valence-electron chi connectivity index (χ2n) is 5.50. The van der Waals surface area contributed by atoms with E-state index in [4.69, 9.17) is 9.47 Å². The Morgan fingerprint density at radius 2 is 1.00 bits per heavy atom. The fraction of sp³-hybridized carbons (Fsp3) is 0.778. The summed E-state index contributed by atoms with van der Waals surface area (Å²) in [4.78, 5) is 22.7. The van der Waals surface area contributed by atoms with Gasteiger partial charge >= 0.3 is 11.9 Å². The van der Waals surface area contributed by atoms with Gasteiger partial charge in [-0.05, 0) is 12.8 Å². The number of rotatable bonds is 14. The van der Waals surface area contributed by atoms with Crippen LogP contribution in [0.3, 0.4) is 0 Å². The Morgan fingerprint density at radius 3 is 1.45 bits per heavy atom. The van der Waals surface area contributed by atoms with E-state index in [-0.39, 0.29) is 0 Å². The second-order valence-corrected chi connectivity index (χ2v) is 5.50. The molecule has 0 aliphatic carbocycles. The Kier molecular flexibility index (Phi) is 15.1. The van der Waals surface area contributed by atoms with Gasteiger partial charge in [-0.3, -0.25) is 0 Å². The molecular formula is C18H32O4. The monoisotopic (exact) mass is 312 g/mol. The standard InChI is InChI=1S/C18H32O4/c1-3-5-7-9-10-12-16-22-18(20)14-13-17(19)21-15-11-8-6-4-2/h13-14H,3-12,15-16H2,1-2H3/b14-13-. The Morgan fingerprint density at radius 1 is 0.636 bits per heavy atom. The lowest BCUT2D eigenvalue weighted by atomic mass is 10.1. The highest BCUT2D eigenvalue weighted by atomic mass is 16.5. The predicted molar refractivity (Wildman–Crippen MR) is 88.6 cm³/mol. The third-order valence-corrected chi connectivity index (χ3v) is 3.34. The zero-order valence-electron chi connectivity index (χ0n) is 14.3. The first-order valence-corrected chi connectivity index (χ1v) is 8.72. The Balaban J connectivity index is 3.50. The molecule has 0 N–H and O–H groups in total. The van der Waals surface area contributed by atoms with E-state index < -0.39 is 11.9 Å². The van der Waals surface area contributed by atoms with E-state index in [1.165, 1.54) is 25.7 Å². The van der Waals surface area contributed by atoms with Crippen LogP contribution in [-0.4, -0.2) is 25.2 Å². The zero-order chi connectivity index (χ0) is 16.5. The van der Waals surface area contributed by atoms with E-state index >= 15 is 0 Å². The van der Waals surface area contributed by atoms with E-state index in [1.807, 2.05) is 0 Å². The Bertz CT molecular complexity index is 310. The summed E-state index contributed by atoms with van der Waals surface area (Å²) in [7, 11) is 0. The summed E-state index contributed by atoms with van der Waals surface area (Å²) < 4.78 is 10.0. The molecule has 22 heavy (non-hydrogen) atoms. The van der Waals surface area contributed by atoms with Gasteiger partial charge in [0.1, 0.15) is 0 Å². The number of hydrogen-bond donors (Lipinski definition) is 0. The van der Waals surface area contributed by atoms with Gasteiger partial charge in [0.15, 0.2) is 0 Å². The quantitative estimate of drug-likeness (QED) is 0.268. The maximum atomic E-state index is 11.4. The first-order chi connectivity index (χ1) is 10.7. The van der Waals surface area contributed by atoms with Crippen LogP contribution < -0.4 is 0 Å². The van der Waals surface area contributed by atoms with Crippen molar-refractivity contribution in [1.29, 1.82) is 0 Å². The number of ether oxygens (including phenoxy) is 2. The van der Waals surface area contributed by atoms with Crippen LogP contribution in [0.2, 0.25) is 0 Å². The van der Waals surface area contributed by atoms with E-state index in [0.29, 0.717) is 13.2 Å². The number of carbonyl (C=O) groups excluding carboxylic acids is 2. The van der Waals surface area contributed by atoms with Crippen LogP contribution in [0.4, 0.5) is 0 Å². The minimum absolute atomic E-state index is 0.413. The first-order valence-electron chi connectivity index (χ1n) is 8.72. The summed E-state index contributed by atoms with van der Waals surface area (Å²) in [6.45, 7) is 5.15. The summed E-state index contributed by atoms with van der Waals surface area (Å²) in [5.74, 6) is -0.954. The highest BCUT2D eigenvalue weighted by molar-refractivity contribution is 5.91. The largest absolute Gasteiger partial charge is 0.463 e. The number of unbranched alkanes of at least 4 members (excludes halogenated alkanes) is 8. The highest BCUT2D eigenvalue weighted by Crippen LogP contribution is 2.05. The average Bonchev–Trinajstić information content (AvgIpc) is 2.52. The van der Waals surface area contributed by atoms with Crippen LogP contribution >= 0.6 is 0 Å². The molecule has 0 aromatic rings. The van der Waals surface area contributed by atoms with Gasteiger partial charge < -0.3 is 9.47 Å². The van der Waals surface area contributed by atoms with Gasteiger partial charge in [0.05, 0.1) is 13.2 Å². The highest BCUT2D eigenvalue weighted by Gasteiger charge is 2.01. The van der Waals surface area contributed by atoms with Gasteiger partial charge in [-0.15, -0.1) is 0 Å². The Labute approximate surface area is 135 Å². The molecule has 0 aliphatic heterocycles. The molecule has 0 fully saturated rings. The van der Waals surface area contributed by atoms with Crippen molar-refractivity contribution in [2.45, 2.75) is 78.1 Å². The molecule has 0 rings (SSSR count). The number of carbonyl (C=O) groups is 2. The fourth-order valence-electron chi connectivity index (χ4n) is 1.99. The van der Waals surface area contributed by atoms with E-state index in [1.54, 1.807) is 0 Å². The average molecular weight is 312 g/mol. The van der Waals surface area contributed by atoms with E-state index in [9.17, 15) is 9.59 Å². The normalized spacial score (nSPS) is 10.8. The van der Waals surface area contributed by atoms with Crippen LogP contribution in [0.25, 0.3) is 0 Å². The first kappa shape index (κ1) is 20.7. The smallest absolute Gasteiger partial charge is 0.331 e. The van der Waals surface area contributed by atoms with Gasteiger partial charge in [-0.25, -0.2) is 9.59 Å². The molecule has 0 atom stereocenters. The maximum Gasteiger partial charge on any atom is 0.331 e. The van der Waals surface area contributed by atoms with Crippen molar-refractivity contribution in [2.24, 2.45) is 0 Å². The molecule has 0 aromatic heterocycles. The molecule has 128 valence electrons. The van der Waals surface area contributed by atoms with Crippen molar-refractivity contribution in [2.75, 3.05) is 13.2 Å². The molecule has 0 saturated heterocycles. The molecule has 0 heterocycles. The molecule has 0 amide bonds. The molecule has 0 radical (unpaired) electrons. The van der Waals surface area contributed by atoms with Crippen LogP contribution in [0, 0.1) is 0 Å². The summed E-state index contributed by atoms with van der Waals surface area (Å²) in [6, 6.07) is 0. The lowest BCUT2D eigenvalue weighted by Crippen LogP contribution is -2.06. The minimum atomic E-state index is -0.479. The van der Waals surface area contributed by atoms with Crippen molar-refractivity contribution in [3.05, 3.63) is 12.2 Å². The molecule has 0 saturated carbocycles. The molecule has 0 aromatic carbocycles. The van der Waals surface area contributed by atoms with Crippen molar-refractivity contribution in [3.8, 4) is 0 Å². The second kappa shape index (κ2) is 16.1. The van der Waals surface area contributed by atoms with Crippen molar-refractivity contribution in [1.82, 2.24) is 0 Å². The number of hydrogen-bond acceptors (Lipinski definition) is 4. The third kappa shape index (κ3) is 15.1. The molecule has 0 aliphatic rings. The number of esters is 2. The predicted octanol–water partition coefficient (Wildman–Crippen LogP) is 4.57. The van der Waals surface area contributed by atoms with Gasteiger partial charge in [-0.2, -0.15) is 0 Å². The summed E-state index contributed by atoms with van der Waals surface area (Å²) in [5, 5.41) is 0. The molecule has 0 bridgehead atoms. The summed E-state index contributed by atoms with van der Waals surface area (Å²) in [5.41, 5.74) is 0. The SMILES string of the molecule is CCCCCCCCOC(=O)/C=C\C(=O)OCCCCCC. The van der Waals surface area contributed by atoms with Gasteiger partial charge in [0.25, 0.3) is 0 Å². The lowest BCUT2D eigenvalue weighted by Gasteiger charge is -2.02. The van der Waals surface area contributed by atoms with Crippen LogP contribution in [0.5, 0.6) is 0 Å². The third-order valence-electron chi connectivity index (χ3n) is 3.34. The molecule has 0 spiro atoms. The maximum absolute atomic E-state index is 11.4. The summed E-state index contributed by atoms with van der Waals surface area (Å²) in [6.07, 6.45) is 13.4. The van der Waals surface area contributed by atoms with E-state index in [2.05, 4.69) is 13.8 Å². The Hall–Kier alpha value is -1.32. The minimum Gasteiger partial charge on any atom is -0.463 e.